The summed E-state index contributed by atoms with van der Waals surface area (Å²) in [4.78, 5) is 12.2. The van der Waals surface area contributed by atoms with E-state index in [1.54, 1.807) is 0 Å². The lowest BCUT2D eigenvalue weighted by molar-refractivity contribution is -0.726. The number of para-hydroxylation sites is 1. The monoisotopic (exact) mass is 332 g/mol. The molecule has 1 aromatic heterocycles. The van der Waals surface area contributed by atoms with Crippen LogP contribution < -0.4 is 4.57 Å². The lowest BCUT2D eigenvalue weighted by atomic mass is 9.85. The van der Waals surface area contributed by atoms with Crippen LogP contribution in [0.3, 0.4) is 0 Å². The molecule has 114 valence electrons. The molecule has 1 aromatic carbocycles. The largest absolute Gasteiger partial charge is 0.466 e. The van der Waals surface area contributed by atoms with Gasteiger partial charge in [-0.05, 0) is 43.5 Å². The van der Waals surface area contributed by atoms with Gasteiger partial charge in [-0.1, -0.05) is 23.5 Å². The van der Waals surface area contributed by atoms with Crippen LogP contribution in [0.5, 0.6) is 0 Å². The molecule has 2 saturated carbocycles. The third-order valence-electron chi connectivity index (χ3n) is 5.53. The van der Waals surface area contributed by atoms with Gasteiger partial charge in [-0.15, -0.1) is 0 Å². The number of aromatic nitrogens is 1. The van der Waals surface area contributed by atoms with Gasteiger partial charge in [-0.25, -0.2) is 0 Å². The lowest BCUT2D eigenvalue weighted by Gasteiger charge is -2.26. The first-order valence-corrected chi connectivity index (χ1v) is 9.74. The van der Waals surface area contributed by atoms with E-state index in [2.05, 4.69) is 28.8 Å². The molecule has 2 bridgehead atoms. The van der Waals surface area contributed by atoms with Crippen LogP contribution >= 0.6 is 23.1 Å². The maximum atomic E-state index is 12.2. The summed E-state index contributed by atoms with van der Waals surface area (Å²) in [5.74, 6) is 1.32. The second kappa shape index (κ2) is 4.71. The fourth-order valence-corrected chi connectivity index (χ4v) is 8.02. The van der Waals surface area contributed by atoms with Crippen LogP contribution in [0.15, 0.2) is 28.6 Å². The molecule has 5 atom stereocenters. The van der Waals surface area contributed by atoms with Crippen LogP contribution in [0.25, 0.3) is 10.2 Å². The van der Waals surface area contributed by atoms with Gasteiger partial charge in [0.15, 0.2) is 6.04 Å². The molecular weight excluding hydrogens is 314 g/mol. The number of hydrogen-bond donors (Lipinski definition) is 0. The Morgan fingerprint density at radius 2 is 2.23 bits per heavy atom. The van der Waals surface area contributed by atoms with E-state index in [0.717, 1.165) is 6.42 Å². The molecule has 2 aliphatic carbocycles. The van der Waals surface area contributed by atoms with Crippen molar-refractivity contribution in [3.63, 3.8) is 0 Å². The molecule has 0 spiro atoms. The maximum Gasteiger partial charge on any atom is 0.309 e. The van der Waals surface area contributed by atoms with E-state index >= 15 is 0 Å². The molecule has 2 fully saturated rings. The van der Waals surface area contributed by atoms with E-state index in [1.165, 1.54) is 21.0 Å². The SMILES string of the molecule is CCOC(=O)[C@H]1C[C@H]2C[C@@H]1[C@H]1Sc3sc4ccccc4[n+]3[C@H]21. The summed E-state index contributed by atoms with van der Waals surface area (Å²) >= 11 is 3.91. The average molecular weight is 332 g/mol. The van der Waals surface area contributed by atoms with Gasteiger partial charge in [0.05, 0.1) is 17.8 Å². The van der Waals surface area contributed by atoms with Crippen molar-refractivity contribution in [2.45, 2.75) is 35.4 Å². The van der Waals surface area contributed by atoms with E-state index < -0.39 is 0 Å². The number of thioether (sulfide) groups is 1. The molecule has 3 aliphatic rings. The zero-order valence-corrected chi connectivity index (χ0v) is 14.0. The average Bonchev–Trinajstić information content (AvgIpc) is 3.23. The van der Waals surface area contributed by atoms with Crippen LogP contribution in [-0.2, 0) is 9.53 Å². The predicted octanol–water partition coefficient (Wildman–Crippen LogP) is 3.42. The Kier molecular flexibility index (Phi) is 2.87. The highest BCUT2D eigenvalue weighted by molar-refractivity contribution is 8.01. The molecular formula is C17H18NO2S2+. The van der Waals surface area contributed by atoms with Gasteiger partial charge >= 0.3 is 5.97 Å². The Balaban J connectivity index is 1.52. The van der Waals surface area contributed by atoms with E-state index in [0.29, 0.717) is 29.7 Å². The van der Waals surface area contributed by atoms with Crippen LogP contribution in [0, 0.1) is 17.8 Å². The molecule has 0 unspecified atom stereocenters. The fourth-order valence-electron chi connectivity index (χ4n) is 4.77. The predicted molar refractivity (Wildman–Crippen MR) is 87.0 cm³/mol. The summed E-state index contributed by atoms with van der Waals surface area (Å²) in [7, 11) is 0. The zero-order chi connectivity index (χ0) is 14.8. The highest BCUT2D eigenvalue weighted by atomic mass is 32.2. The van der Waals surface area contributed by atoms with Crippen LogP contribution in [-0.4, -0.2) is 17.8 Å². The number of nitrogens with zero attached hydrogens (tertiary/aromatic N) is 1. The Labute approximate surface area is 137 Å². The number of rotatable bonds is 2. The van der Waals surface area contributed by atoms with Gasteiger partial charge in [0.1, 0.15) is 4.70 Å². The van der Waals surface area contributed by atoms with E-state index in [-0.39, 0.29) is 11.9 Å². The number of carbonyl (C=O) groups excluding carboxylic acids is 1. The third-order valence-corrected chi connectivity index (χ3v) is 8.31. The van der Waals surface area contributed by atoms with Gasteiger partial charge in [0, 0.05) is 12.0 Å². The number of hydrogen-bond acceptors (Lipinski definition) is 4. The highest BCUT2D eigenvalue weighted by Gasteiger charge is 2.64. The summed E-state index contributed by atoms with van der Waals surface area (Å²) in [6.45, 7) is 2.40. The molecule has 0 saturated heterocycles. The van der Waals surface area contributed by atoms with Crippen molar-refractivity contribution in [3.05, 3.63) is 24.3 Å². The summed E-state index contributed by atoms with van der Waals surface area (Å²) in [6.07, 6.45) is 2.21. The molecule has 5 heteroatoms. The first kappa shape index (κ1) is 13.4. The minimum Gasteiger partial charge on any atom is -0.466 e. The van der Waals surface area contributed by atoms with E-state index in [1.807, 2.05) is 30.0 Å². The van der Waals surface area contributed by atoms with Crippen LogP contribution in [0.2, 0.25) is 0 Å². The van der Waals surface area contributed by atoms with Gasteiger partial charge in [0.2, 0.25) is 5.52 Å². The minimum atomic E-state index is 0.0409. The summed E-state index contributed by atoms with van der Waals surface area (Å²) in [5, 5.41) is 0.573. The summed E-state index contributed by atoms with van der Waals surface area (Å²) in [6, 6.07) is 9.30. The number of benzene rings is 1. The molecule has 5 rings (SSSR count). The van der Waals surface area contributed by atoms with Crippen LogP contribution in [0.4, 0.5) is 0 Å². The third kappa shape index (κ3) is 1.64. The number of esters is 1. The standard InChI is InChI=1S/C17H18NO2S2/c1-2-20-16(19)11-8-9-7-10(11)15-14(9)18-12-5-3-4-6-13(12)21-17(18)22-15/h3-6,9-11,14-15H,2,7-8H2,1H3/q+1/t9-,10+,11+,14-,15-/m1/s1. The van der Waals surface area contributed by atoms with Gasteiger partial charge in [-0.3, -0.25) is 4.79 Å². The van der Waals surface area contributed by atoms with E-state index in [9.17, 15) is 4.79 Å². The summed E-state index contributed by atoms with van der Waals surface area (Å²) < 4.78 is 10.7. The normalized spacial score (nSPS) is 34.9. The van der Waals surface area contributed by atoms with Gasteiger partial charge < -0.3 is 4.74 Å². The number of fused-ring (bicyclic) bond motifs is 9. The smallest absolute Gasteiger partial charge is 0.309 e. The van der Waals surface area contributed by atoms with Crippen molar-refractivity contribution in [2.75, 3.05) is 6.61 Å². The van der Waals surface area contributed by atoms with E-state index in [4.69, 9.17) is 4.74 Å². The van der Waals surface area contributed by atoms with Crippen molar-refractivity contribution in [1.82, 2.24) is 0 Å². The Bertz CT molecular complexity index is 771. The second-order valence-electron chi connectivity index (χ2n) is 6.53. The topological polar surface area (TPSA) is 30.2 Å². The van der Waals surface area contributed by atoms with Crippen LogP contribution in [0.1, 0.15) is 25.8 Å². The van der Waals surface area contributed by atoms with Crippen molar-refractivity contribution in [3.8, 4) is 0 Å². The molecule has 0 N–H and O–H groups in total. The number of ether oxygens (including phenoxy) is 1. The van der Waals surface area contributed by atoms with Crippen molar-refractivity contribution >= 4 is 39.3 Å². The lowest BCUT2D eigenvalue weighted by Crippen LogP contribution is -2.45. The number of carbonyl (C=O) groups is 1. The molecule has 2 aromatic rings. The molecule has 0 radical (unpaired) electrons. The molecule has 3 nitrogen and oxygen atoms in total. The minimum absolute atomic E-state index is 0.0409. The Morgan fingerprint density at radius 3 is 3.09 bits per heavy atom. The van der Waals surface area contributed by atoms with Crippen molar-refractivity contribution in [2.24, 2.45) is 17.8 Å². The molecule has 2 heterocycles. The fraction of sp³-hybridized carbons (Fsp3) is 0.529. The first-order valence-electron chi connectivity index (χ1n) is 8.04. The highest BCUT2D eigenvalue weighted by Crippen LogP contribution is 2.61. The molecule has 22 heavy (non-hydrogen) atoms. The first-order chi connectivity index (χ1) is 10.8. The Morgan fingerprint density at radius 1 is 1.36 bits per heavy atom. The maximum absolute atomic E-state index is 12.2. The summed E-state index contributed by atoms with van der Waals surface area (Å²) in [5.41, 5.74) is 1.38. The number of thiazole rings is 1. The quantitative estimate of drug-likeness (QED) is 0.623. The zero-order valence-electron chi connectivity index (χ0n) is 12.4. The Hall–Kier alpha value is -1.07. The molecule has 0 amide bonds. The van der Waals surface area contributed by atoms with Crippen molar-refractivity contribution in [1.29, 1.82) is 0 Å². The molecule has 1 aliphatic heterocycles. The van der Waals surface area contributed by atoms with Gasteiger partial charge in [-0.2, -0.15) is 4.57 Å². The second-order valence-corrected chi connectivity index (χ2v) is 8.99. The van der Waals surface area contributed by atoms with Gasteiger partial charge in [0.25, 0.3) is 4.34 Å². The van der Waals surface area contributed by atoms with Crippen molar-refractivity contribution < 1.29 is 14.1 Å².